The third-order valence-electron chi connectivity index (χ3n) is 3.56. The van der Waals surface area contributed by atoms with Crippen molar-refractivity contribution in [3.8, 4) is 0 Å². The van der Waals surface area contributed by atoms with Crippen LogP contribution < -0.4 is 4.72 Å². The fourth-order valence-corrected chi connectivity index (χ4v) is 3.59. The van der Waals surface area contributed by atoms with Crippen molar-refractivity contribution in [1.29, 1.82) is 0 Å². The molecule has 1 N–H and O–H groups in total. The number of hydrogen-bond acceptors (Lipinski definition) is 3. The minimum absolute atomic E-state index is 0.170. The number of sulfonamides is 1. The highest BCUT2D eigenvalue weighted by atomic mass is 32.2. The third-order valence-corrected chi connectivity index (χ3v) is 4.89. The van der Waals surface area contributed by atoms with Gasteiger partial charge in [0.2, 0.25) is 10.0 Å². The minimum Gasteiger partial charge on any atom is -0.332 e. The van der Waals surface area contributed by atoms with E-state index in [1.807, 2.05) is 6.92 Å². The van der Waals surface area contributed by atoms with Crippen molar-refractivity contribution in [1.82, 2.24) is 14.3 Å². The molecule has 126 valence electrons. The van der Waals surface area contributed by atoms with E-state index in [1.165, 1.54) is 18.2 Å². The van der Waals surface area contributed by atoms with Gasteiger partial charge in [-0.2, -0.15) is 0 Å². The van der Waals surface area contributed by atoms with E-state index in [4.69, 9.17) is 0 Å². The molecule has 0 aliphatic heterocycles. The molecule has 23 heavy (non-hydrogen) atoms. The molecule has 1 heterocycles. The Hall–Kier alpha value is -1.73. The second kappa shape index (κ2) is 7.70. The van der Waals surface area contributed by atoms with Crippen LogP contribution >= 0.6 is 0 Å². The second-order valence-electron chi connectivity index (χ2n) is 5.46. The monoisotopic (exact) mass is 339 g/mol. The van der Waals surface area contributed by atoms with Crippen LogP contribution in [-0.4, -0.2) is 24.5 Å². The van der Waals surface area contributed by atoms with E-state index in [0.717, 1.165) is 24.5 Å². The maximum atomic E-state index is 13.5. The van der Waals surface area contributed by atoms with Crippen LogP contribution in [0.5, 0.6) is 0 Å². The number of rotatable bonds is 8. The van der Waals surface area contributed by atoms with Gasteiger partial charge in [0, 0.05) is 37.0 Å². The number of aryl methyl sites for hydroxylation is 1. The first-order chi connectivity index (χ1) is 10.9. The first-order valence-electron chi connectivity index (χ1n) is 7.64. The average molecular weight is 339 g/mol. The van der Waals surface area contributed by atoms with Crippen molar-refractivity contribution < 1.29 is 12.8 Å². The van der Waals surface area contributed by atoms with E-state index >= 15 is 0 Å². The molecule has 0 saturated heterocycles. The van der Waals surface area contributed by atoms with Gasteiger partial charge in [0.1, 0.15) is 11.6 Å². The lowest BCUT2D eigenvalue weighted by molar-refractivity contribution is 0.570. The van der Waals surface area contributed by atoms with Crippen LogP contribution in [0.25, 0.3) is 0 Å². The predicted octanol–water partition coefficient (Wildman–Crippen LogP) is 2.40. The highest BCUT2D eigenvalue weighted by Gasteiger charge is 2.14. The molecule has 0 atom stereocenters. The molecule has 1 aromatic carbocycles. The molecule has 2 aromatic rings. The summed E-state index contributed by atoms with van der Waals surface area (Å²) in [5, 5.41) is 0. The Labute approximate surface area is 136 Å². The van der Waals surface area contributed by atoms with Crippen LogP contribution in [0.3, 0.4) is 0 Å². The van der Waals surface area contributed by atoms with Crippen molar-refractivity contribution in [2.45, 2.75) is 39.0 Å². The van der Waals surface area contributed by atoms with Crippen molar-refractivity contribution >= 4 is 10.0 Å². The Morgan fingerprint density at radius 2 is 2.04 bits per heavy atom. The maximum Gasteiger partial charge on any atom is 0.215 e. The van der Waals surface area contributed by atoms with Crippen LogP contribution in [-0.2, 0) is 28.7 Å². The molecule has 1 aromatic heterocycles. The summed E-state index contributed by atoms with van der Waals surface area (Å²) in [6.07, 6.45) is 3.28. The summed E-state index contributed by atoms with van der Waals surface area (Å²) in [5.74, 6) is -0.00724. The molecule has 2 rings (SSSR count). The van der Waals surface area contributed by atoms with E-state index in [9.17, 15) is 12.8 Å². The van der Waals surface area contributed by atoms with E-state index in [-0.39, 0.29) is 17.9 Å². The van der Waals surface area contributed by atoms with Gasteiger partial charge in [-0.1, -0.05) is 25.1 Å². The van der Waals surface area contributed by atoms with Crippen molar-refractivity contribution in [3.05, 3.63) is 53.4 Å². The molecule has 0 unspecified atom stereocenters. The number of nitrogens with zero attached hydrogens (tertiary/aromatic N) is 2. The smallest absolute Gasteiger partial charge is 0.215 e. The Morgan fingerprint density at radius 3 is 2.74 bits per heavy atom. The van der Waals surface area contributed by atoms with Crippen molar-refractivity contribution in [2.75, 3.05) is 6.54 Å². The van der Waals surface area contributed by atoms with Gasteiger partial charge in [-0.05, 0) is 19.4 Å². The van der Waals surface area contributed by atoms with Crippen LogP contribution in [0.2, 0.25) is 0 Å². The summed E-state index contributed by atoms with van der Waals surface area (Å²) < 4.78 is 42.3. The van der Waals surface area contributed by atoms with Gasteiger partial charge in [0.15, 0.2) is 0 Å². The zero-order valence-corrected chi connectivity index (χ0v) is 14.2. The molecule has 0 saturated carbocycles. The van der Waals surface area contributed by atoms with Gasteiger partial charge >= 0.3 is 0 Å². The fraction of sp³-hybridized carbons (Fsp3) is 0.438. The minimum atomic E-state index is -3.57. The van der Waals surface area contributed by atoms with Gasteiger partial charge in [-0.15, -0.1) is 0 Å². The number of aromatic nitrogens is 2. The second-order valence-corrected chi connectivity index (χ2v) is 7.27. The van der Waals surface area contributed by atoms with E-state index in [2.05, 4.69) is 21.2 Å². The number of hydrogen-bond donors (Lipinski definition) is 1. The highest BCUT2D eigenvalue weighted by Crippen LogP contribution is 2.10. The normalized spacial score (nSPS) is 11.8. The first kappa shape index (κ1) is 17.6. The molecule has 0 bridgehead atoms. The number of benzene rings is 1. The molecule has 7 heteroatoms. The zero-order valence-electron chi connectivity index (χ0n) is 13.4. The molecule has 0 aliphatic carbocycles. The van der Waals surface area contributed by atoms with E-state index < -0.39 is 15.8 Å². The summed E-state index contributed by atoms with van der Waals surface area (Å²) >= 11 is 0. The Morgan fingerprint density at radius 1 is 1.30 bits per heavy atom. The highest BCUT2D eigenvalue weighted by molar-refractivity contribution is 7.88. The Kier molecular flexibility index (Phi) is 5.90. The lowest BCUT2D eigenvalue weighted by atomic mass is 10.2. The summed E-state index contributed by atoms with van der Waals surface area (Å²) in [5.41, 5.74) is 1.24. The molecule has 0 fully saturated rings. The van der Waals surface area contributed by atoms with Crippen LogP contribution in [0.4, 0.5) is 4.39 Å². The largest absolute Gasteiger partial charge is 0.332 e. The summed E-state index contributed by atoms with van der Waals surface area (Å²) in [7, 11) is -3.57. The molecular weight excluding hydrogens is 317 g/mol. The number of halogens is 1. The van der Waals surface area contributed by atoms with Crippen LogP contribution in [0.1, 0.15) is 30.4 Å². The zero-order chi connectivity index (χ0) is 16.9. The number of nitrogens with one attached hydrogen (secondary N) is 1. The van der Waals surface area contributed by atoms with Gasteiger partial charge in [-0.3, -0.25) is 0 Å². The standard InChI is InChI=1S/C16H22FN3O2S/c1-3-10-20-13(2)11-18-16(20)8-9-19-23(21,22)12-14-6-4-5-7-15(14)17/h4-7,11,19H,3,8-10,12H2,1-2H3. The van der Waals surface area contributed by atoms with Gasteiger partial charge in [-0.25, -0.2) is 22.5 Å². The molecule has 5 nitrogen and oxygen atoms in total. The van der Waals surface area contributed by atoms with Gasteiger partial charge < -0.3 is 4.57 Å². The first-order valence-corrected chi connectivity index (χ1v) is 9.30. The number of imidazole rings is 1. The maximum absolute atomic E-state index is 13.5. The third kappa shape index (κ3) is 4.87. The quantitative estimate of drug-likeness (QED) is 0.803. The SMILES string of the molecule is CCCn1c(C)cnc1CCNS(=O)(=O)Cc1ccccc1F. The molecule has 0 radical (unpaired) electrons. The van der Waals surface area contributed by atoms with Crippen molar-refractivity contribution in [3.63, 3.8) is 0 Å². The average Bonchev–Trinajstić information content (AvgIpc) is 2.83. The topological polar surface area (TPSA) is 64.0 Å². The molecule has 0 spiro atoms. The molecular formula is C16H22FN3O2S. The van der Waals surface area contributed by atoms with Gasteiger partial charge in [0.05, 0.1) is 5.75 Å². The summed E-state index contributed by atoms with van der Waals surface area (Å²) in [6, 6.07) is 5.90. The van der Waals surface area contributed by atoms with Crippen molar-refractivity contribution in [2.24, 2.45) is 0 Å². The van der Waals surface area contributed by atoms with E-state index in [0.29, 0.717) is 6.42 Å². The Balaban J connectivity index is 1.94. The molecule has 0 aliphatic rings. The predicted molar refractivity (Wildman–Crippen MR) is 88.0 cm³/mol. The summed E-state index contributed by atoms with van der Waals surface area (Å²) in [4.78, 5) is 4.32. The Bertz CT molecular complexity index is 756. The van der Waals surface area contributed by atoms with Gasteiger partial charge in [0.25, 0.3) is 0 Å². The molecule has 0 amide bonds. The van der Waals surface area contributed by atoms with Crippen LogP contribution in [0, 0.1) is 12.7 Å². The summed E-state index contributed by atoms with van der Waals surface area (Å²) in [6.45, 7) is 5.18. The lowest BCUT2D eigenvalue weighted by Gasteiger charge is -2.10. The lowest BCUT2D eigenvalue weighted by Crippen LogP contribution is -2.28. The van der Waals surface area contributed by atoms with E-state index in [1.54, 1.807) is 12.3 Å². The van der Waals surface area contributed by atoms with Crippen LogP contribution in [0.15, 0.2) is 30.5 Å². The fourth-order valence-electron chi connectivity index (χ4n) is 2.43.